The summed E-state index contributed by atoms with van der Waals surface area (Å²) in [7, 11) is 0. The van der Waals surface area contributed by atoms with Crippen LogP contribution in [0, 0.1) is 0 Å². The Morgan fingerprint density at radius 2 is 0.867 bits per heavy atom. The van der Waals surface area contributed by atoms with Crippen molar-refractivity contribution < 1.29 is 0 Å². The normalized spacial score (nSPS) is 11.3. The van der Waals surface area contributed by atoms with Crippen molar-refractivity contribution in [2.75, 3.05) is 63.0 Å². The molecule has 0 heterocycles. The van der Waals surface area contributed by atoms with Crippen molar-refractivity contribution in [2.45, 2.75) is 40.5 Å². The third-order valence-corrected chi connectivity index (χ3v) is 5.85. The van der Waals surface area contributed by atoms with Crippen LogP contribution in [0.25, 0.3) is 11.1 Å². The fraction of sp³-hybridized carbons (Fsp3) is 0.538. The number of nitrogens with zero attached hydrogens (tertiary/aromatic N) is 2. The topological polar surface area (TPSA) is 30.5 Å². The average molecular weight is 411 g/mol. The molecule has 0 radical (unpaired) electrons. The molecule has 0 atom stereocenters. The van der Waals surface area contributed by atoms with E-state index in [4.69, 9.17) is 0 Å². The summed E-state index contributed by atoms with van der Waals surface area (Å²) in [6.45, 7) is 17.8. The van der Waals surface area contributed by atoms with E-state index in [9.17, 15) is 0 Å². The summed E-state index contributed by atoms with van der Waals surface area (Å²) >= 11 is 0. The van der Waals surface area contributed by atoms with Crippen LogP contribution in [0.3, 0.4) is 0 Å². The maximum absolute atomic E-state index is 3.54. The molecule has 0 aliphatic rings. The fourth-order valence-electron chi connectivity index (χ4n) is 3.71. The number of benzene rings is 2. The highest BCUT2D eigenvalue weighted by atomic mass is 15.1. The molecule has 166 valence electrons. The van der Waals surface area contributed by atoms with Gasteiger partial charge in [-0.15, -0.1) is 0 Å². The standard InChI is InChI=1S/C26H42N4/c1-5-29(6-2)21-9-19-27-25-15-11-23(12-16-25)24-13-17-26(18-14-24)28-20-10-22-30(7-3)8-4/h11-18,27-28H,5-10,19-22H2,1-4H3. The maximum atomic E-state index is 3.54. The van der Waals surface area contributed by atoms with E-state index in [1.807, 2.05) is 0 Å². The second-order valence-corrected chi connectivity index (χ2v) is 7.77. The van der Waals surface area contributed by atoms with Gasteiger partial charge in [-0.1, -0.05) is 52.0 Å². The smallest absolute Gasteiger partial charge is 0.0340 e. The highest BCUT2D eigenvalue weighted by molar-refractivity contribution is 5.68. The molecule has 0 saturated carbocycles. The average Bonchev–Trinajstić information content (AvgIpc) is 2.80. The molecule has 0 unspecified atom stereocenters. The van der Waals surface area contributed by atoms with Crippen LogP contribution in [0.5, 0.6) is 0 Å². The molecule has 0 aliphatic heterocycles. The van der Waals surface area contributed by atoms with E-state index in [0.717, 1.165) is 52.4 Å². The van der Waals surface area contributed by atoms with Gasteiger partial charge in [0.1, 0.15) is 0 Å². The second kappa shape index (κ2) is 14.1. The van der Waals surface area contributed by atoms with E-state index < -0.39 is 0 Å². The van der Waals surface area contributed by atoms with Gasteiger partial charge in [0.15, 0.2) is 0 Å². The van der Waals surface area contributed by atoms with Gasteiger partial charge in [0, 0.05) is 24.5 Å². The van der Waals surface area contributed by atoms with Gasteiger partial charge < -0.3 is 20.4 Å². The molecule has 0 aromatic heterocycles. The second-order valence-electron chi connectivity index (χ2n) is 7.77. The van der Waals surface area contributed by atoms with Crippen molar-refractivity contribution >= 4 is 11.4 Å². The summed E-state index contributed by atoms with van der Waals surface area (Å²) in [6.07, 6.45) is 2.35. The molecular weight excluding hydrogens is 368 g/mol. The Bertz CT molecular complexity index is 612. The molecule has 0 aliphatic carbocycles. The molecular formula is C26H42N4. The monoisotopic (exact) mass is 410 g/mol. The predicted molar refractivity (Wildman–Crippen MR) is 134 cm³/mol. The molecule has 2 rings (SSSR count). The van der Waals surface area contributed by atoms with Crippen molar-refractivity contribution in [3.63, 3.8) is 0 Å². The summed E-state index contributed by atoms with van der Waals surface area (Å²) in [6, 6.07) is 17.6. The van der Waals surface area contributed by atoms with Gasteiger partial charge in [-0.05, 0) is 87.5 Å². The number of hydrogen-bond donors (Lipinski definition) is 2. The first kappa shape index (κ1) is 24.2. The van der Waals surface area contributed by atoms with Crippen molar-refractivity contribution in [1.29, 1.82) is 0 Å². The molecule has 2 aromatic carbocycles. The summed E-state index contributed by atoms with van der Waals surface area (Å²) in [5.41, 5.74) is 4.92. The van der Waals surface area contributed by atoms with E-state index in [1.165, 1.54) is 35.3 Å². The first-order valence-corrected chi connectivity index (χ1v) is 11.8. The van der Waals surface area contributed by atoms with Crippen LogP contribution in [0.2, 0.25) is 0 Å². The Balaban J connectivity index is 1.75. The summed E-state index contributed by atoms with van der Waals surface area (Å²) in [4.78, 5) is 4.93. The fourth-order valence-corrected chi connectivity index (χ4v) is 3.71. The van der Waals surface area contributed by atoms with Crippen LogP contribution in [0.15, 0.2) is 48.5 Å². The summed E-state index contributed by atoms with van der Waals surface area (Å²) < 4.78 is 0. The van der Waals surface area contributed by atoms with Crippen molar-refractivity contribution in [1.82, 2.24) is 9.80 Å². The van der Waals surface area contributed by atoms with Crippen molar-refractivity contribution in [2.24, 2.45) is 0 Å². The van der Waals surface area contributed by atoms with Crippen LogP contribution < -0.4 is 10.6 Å². The maximum Gasteiger partial charge on any atom is 0.0340 e. The van der Waals surface area contributed by atoms with Crippen molar-refractivity contribution in [3.05, 3.63) is 48.5 Å². The van der Waals surface area contributed by atoms with Gasteiger partial charge in [0.2, 0.25) is 0 Å². The Kier molecular flexibility index (Phi) is 11.3. The summed E-state index contributed by atoms with van der Waals surface area (Å²) in [5.74, 6) is 0. The zero-order valence-corrected chi connectivity index (χ0v) is 19.6. The quantitative estimate of drug-likeness (QED) is 0.372. The first-order chi connectivity index (χ1) is 14.7. The minimum atomic E-state index is 1.02. The number of anilines is 2. The molecule has 4 heteroatoms. The van der Waals surface area contributed by atoms with E-state index >= 15 is 0 Å². The molecule has 2 N–H and O–H groups in total. The van der Waals surface area contributed by atoms with Gasteiger partial charge in [-0.3, -0.25) is 0 Å². The van der Waals surface area contributed by atoms with E-state index in [2.05, 4.69) is 96.7 Å². The minimum Gasteiger partial charge on any atom is -0.385 e. The SMILES string of the molecule is CCN(CC)CCCNc1ccc(-c2ccc(NCCCN(CC)CC)cc2)cc1. The van der Waals surface area contributed by atoms with Crippen LogP contribution >= 0.6 is 0 Å². The Labute approximate surface area is 184 Å². The zero-order valence-electron chi connectivity index (χ0n) is 19.6. The molecule has 0 fully saturated rings. The van der Waals surface area contributed by atoms with Gasteiger partial charge in [0.05, 0.1) is 0 Å². The lowest BCUT2D eigenvalue weighted by Crippen LogP contribution is -2.25. The van der Waals surface area contributed by atoms with Gasteiger partial charge in [-0.25, -0.2) is 0 Å². The molecule has 30 heavy (non-hydrogen) atoms. The minimum absolute atomic E-state index is 1.02. The lowest BCUT2D eigenvalue weighted by atomic mass is 10.0. The van der Waals surface area contributed by atoms with Crippen LogP contribution in [-0.2, 0) is 0 Å². The Morgan fingerprint density at radius 1 is 0.533 bits per heavy atom. The third kappa shape index (κ3) is 8.37. The highest BCUT2D eigenvalue weighted by Gasteiger charge is 2.02. The molecule has 4 nitrogen and oxygen atoms in total. The van der Waals surface area contributed by atoms with Crippen LogP contribution in [0.4, 0.5) is 11.4 Å². The molecule has 2 aromatic rings. The zero-order chi connectivity index (χ0) is 21.6. The largest absolute Gasteiger partial charge is 0.385 e. The van der Waals surface area contributed by atoms with Gasteiger partial charge in [-0.2, -0.15) is 0 Å². The number of nitrogens with one attached hydrogen (secondary N) is 2. The van der Waals surface area contributed by atoms with Crippen LogP contribution in [0.1, 0.15) is 40.5 Å². The predicted octanol–water partition coefficient (Wildman–Crippen LogP) is 5.64. The molecule has 0 saturated heterocycles. The first-order valence-electron chi connectivity index (χ1n) is 11.8. The van der Waals surface area contributed by atoms with Crippen LogP contribution in [-0.4, -0.2) is 62.2 Å². The van der Waals surface area contributed by atoms with E-state index in [1.54, 1.807) is 0 Å². The van der Waals surface area contributed by atoms with Gasteiger partial charge >= 0.3 is 0 Å². The third-order valence-electron chi connectivity index (χ3n) is 5.85. The molecule has 0 spiro atoms. The molecule has 0 bridgehead atoms. The van der Waals surface area contributed by atoms with Crippen molar-refractivity contribution in [3.8, 4) is 11.1 Å². The number of rotatable bonds is 15. The lowest BCUT2D eigenvalue weighted by Gasteiger charge is -2.18. The Hall–Kier alpha value is -2.04. The van der Waals surface area contributed by atoms with Gasteiger partial charge in [0.25, 0.3) is 0 Å². The van der Waals surface area contributed by atoms with E-state index in [-0.39, 0.29) is 0 Å². The number of hydrogen-bond acceptors (Lipinski definition) is 4. The Morgan fingerprint density at radius 3 is 1.17 bits per heavy atom. The summed E-state index contributed by atoms with van der Waals surface area (Å²) in [5, 5.41) is 7.08. The lowest BCUT2D eigenvalue weighted by molar-refractivity contribution is 0.303. The molecule has 0 amide bonds. The highest BCUT2D eigenvalue weighted by Crippen LogP contribution is 2.23. The van der Waals surface area contributed by atoms with E-state index in [0.29, 0.717) is 0 Å².